The van der Waals surface area contributed by atoms with Crippen molar-refractivity contribution in [2.75, 3.05) is 7.05 Å². The molecule has 0 aliphatic heterocycles. The van der Waals surface area contributed by atoms with Crippen molar-refractivity contribution in [1.29, 1.82) is 0 Å². The molecule has 3 heteroatoms. The number of halogens is 1. The maximum Gasteiger partial charge on any atom is 0.0462 e. The third-order valence-corrected chi connectivity index (χ3v) is 4.52. The van der Waals surface area contributed by atoms with Gasteiger partial charge in [-0.25, -0.2) is 0 Å². The Hall–Kier alpha value is 0.140. The number of hydrogen-bond donors (Lipinski definition) is 1. The van der Waals surface area contributed by atoms with Gasteiger partial charge in [-0.3, -0.25) is 0 Å². The van der Waals surface area contributed by atoms with E-state index in [9.17, 15) is 0 Å². The molecule has 0 saturated carbocycles. The minimum Gasteiger partial charge on any atom is -0.312 e. The summed E-state index contributed by atoms with van der Waals surface area (Å²) in [7, 11) is 2.03. The summed E-state index contributed by atoms with van der Waals surface area (Å²) in [5.41, 5.74) is 0.255. The first-order chi connectivity index (χ1) is 6.36. The Morgan fingerprint density at radius 2 is 2.00 bits per heavy atom. The third kappa shape index (κ3) is 2.59. The van der Waals surface area contributed by atoms with Crippen molar-refractivity contribution < 1.29 is 0 Å². The van der Waals surface area contributed by atoms with Crippen LogP contribution in [0.15, 0.2) is 10.5 Å². The highest BCUT2D eigenvalue weighted by atomic mass is 79.9. The predicted molar refractivity (Wildman–Crippen MR) is 68.0 cm³/mol. The lowest BCUT2D eigenvalue weighted by atomic mass is 9.86. The zero-order valence-corrected chi connectivity index (χ0v) is 11.8. The van der Waals surface area contributed by atoms with Crippen molar-refractivity contribution in [3.8, 4) is 0 Å². The lowest BCUT2D eigenvalue weighted by Crippen LogP contribution is -2.28. The zero-order chi connectivity index (χ0) is 10.9. The van der Waals surface area contributed by atoms with E-state index in [1.54, 1.807) is 0 Å². The van der Waals surface area contributed by atoms with Crippen LogP contribution in [0.5, 0.6) is 0 Å². The molecule has 0 radical (unpaired) electrons. The molecule has 1 atom stereocenters. The van der Waals surface area contributed by atoms with E-state index < -0.39 is 0 Å². The minimum atomic E-state index is 0.255. The van der Waals surface area contributed by atoms with Crippen LogP contribution < -0.4 is 5.32 Å². The molecule has 1 rings (SSSR count). The standard InChI is InChI=1S/C11H18BrNS/c1-7-8(12)6-9(14-7)10(13-5)11(2,3)4/h6,10,13H,1-5H3. The van der Waals surface area contributed by atoms with E-state index in [0.29, 0.717) is 6.04 Å². The van der Waals surface area contributed by atoms with E-state index in [0.717, 1.165) is 0 Å². The van der Waals surface area contributed by atoms with Crippen molar-refractivity contribution in [1.82, 2.24) is 5.32 Å². The number of thiophene rings is 1. The largest absolute Gasteiger partial charge is 0.312 e. The van der Waals surface area contributed by atoms with Crippen LogP contribution >= 0.6 is 27.3 Å². The summed E-state index contributed by atoms with van der Waals surface area (Å²) in [6.07, 6.45) is 0. The third-order valence-electron chi connectivity index (χ3n) is 2.32. The minimum absolute atomic E-state index is 0.255. The fourth-order valence-electron chi connectivity index (χ4n) is 1.63. The predicted octanol–water partition coefficient (Wildman–Crippen LogP) is 4.13. The monoisotopic (exact) mass is 275 g/mol. The Morgan fingerprint density at radius 1 is 1.43 bits per heavy atom. The van der Waals surface area contributed by atoms with Crippen molar-refractivity contribution >= 4 is 27.3 Å². The average molecular weight is 276 g/mol. The Bertz CT molecular complexity index is 292. The summed E-state index contributed by atoms with van der Waals surface area (Å²) in [6.45, 7) is 8.93. The van der Waals surface area contributed by atoms with Gasteiger partial charge in [-0.05, 0) is 41.4 Å². The quantitative estimate of drug-likeness (QED) is 0.856. The van der Waals surface area contributed by atoms with E-state index >= 15 is 0 Å². The fourth-order valence-corrected chi connectivity index (χ4v) is 3.54. The van der Waals surface area contributed by atoms with Crippen molar-refractivity contribution in [3.63, 3.8) is 0 Å². The van der Waals surface area contributed by atoms with E-state index in [1.807, 2.05) is 18.4 Å². The van der Waals surface area contributed by atoms with Gasteiger partial charge in [-0.1, -0.05) is 20.8 Å². The molecule has 14 heavy (non-hydrogen) atoms. The van der Waals surface area contributed by atoms with Gasteiger partial charge in [0.2, 0.25) is 0 Å². The number of aryl methyl sites for hydroxylation is 1. The molecule has 1 unspecified atom stereocenters. The maximum atomic E-state index is 3.56. The molecule has 0 spiro atoms. The first-order valence-electron chi connectivity index (χ1n) is 4.79. The first kappa shape index (κ1) is 12.2. The molecule has 1 aromatic rings. The van der Waals surface area contributed by atoms with Crippen LogP contribution in [0.2, 0.25) is 0 Å². The fraction of sp³-hybridized carbons (Fsp3) is 0.636. The average Bonchev–Trinajstić information content (AvgIpc) is 2.30. The lowest BCUT2D eigenvalue weighted by molar-refractivity contribution is 0.291. The summed E-state index contributed by atoms with van der Waals surface area (Å²) >= 11 is 5.43. The second kappa shape index (κ2) is 4.33. The van der Waals surface area contributed by atoms with Gasteiger partial charge in [0.15, 0.2) is 0 Å². The highest BCUT2D eigenvalue weighted by molar-refractivity contribution is 9.10. The second-order valence-electron chi connectivity index (χ2n) is 4.64. The van der Waals surface area contributed by atoms with Gasteiger partial charge in [0.25, 0.3) is 0 Å². The number of rotatable bonds is 2. The van der Waals surface area contributed by atoms with Crippen molar-refractivity contribution in [2.45, 2.75) is 33.7 Å². The highest BCUT2D eigenvalue weighted by Crippen LogP contribution is 2.38. The second-order valence-corrected chi connectivity index (χ2v) is 6.78. The molecule has 0 saturated heterocycles. The highest BCUT2D eigenvalue weighted by Gasteiger charge is 2.26. The van der Waals surface area contributed by atoms with E-state index in [4.69, 9.17) is 0 Å². The molecule has 0 bridgehead atoms. The van der Waals surface area contributed by atoms with Crippen molar-refractivity contribution in [2.24, 2.45) is 5.41 Å². The van der Waals surface area contributed by atoms with Gasteiger partial charge in [0, 0.05) is 20.3 Å². The molecule has 0 aromatic carbocycles. The number of nitrogens with one attached hydrogen (secondary N) is 1. The molecular formula is C11H18BrNS. The molecule has 80 valence electrons. The van der Waals surface area contributed by atoms with Crippen molar-refractivity contribution in [3.05, 3.63) is 20.3 Å². The van der Waals surface area contributed by atoms with Crippen LogP contribution in [0, 0.1) is 12.3 Å². The van der Waals surface area contributed by atoms with Crippen LogP contribution in [0.3, 0.4) is 0 Å². The molecule has 0 fully saturated rings. The Kier molecular flexibility index (Phi) is 3.78. The van der Waals surface area contributed by atoms with Gasteiger partial charge < -0.3 is 5.32 Å². The normalized spacial score (nSPS) is 14.4. The van der Waals surface area contributed by atoms with Crippen LogP contribution in [0.4, 0.5) is 0 Å². The molecule has 1 heterocycles. The molecule has 1 nitrogen and oxygen atoms in total. The van der Waals surface area contributed by atoms with Gasteiger partial charge in [-0.15, -0.1) is 11.3 Å². The first-order valence-corrected chi connectivity index (χ1v) is 6.40. The molecular weight excluding hydrogens is 258 g/mol. The molecule has 0 amide bonds. The van der Waals surface area contributed by atoms with Crippen LogP contribution in [-0.4, -0.2) is 7.05 Å². The molecule has 1 N–H and O–H groups in total. The maximum absolute atomic E-state index is 3.56. The Morgan fingerprint density at radius 3 is 2.29 bits per heavy atom. The zero-order valence-electron chi connectivity index (χ0n) is 9.44. The van der Waals surface area contributed by atoms with Crippen LogP contribution in [0.25, 0.3) is 0 Å². The lowest BCUT2D eigenvalue weighted by Gasteiger charge is -2.29. The summed E-state index contributed by atoms with van der Waals surface area (Å²) in [5, 5.41) is 3.39. The smallest absolute Gasteiger partial charge is 0.0462 e. The van der Waals surface area contributed by atoms with Gasteiger partial charge in [-0.2, -0.15) is 0 Å². The summed E-state index contributed by atoms with van der Waals surface area (Å²) < 4.78 is 1.22. The van der Waals surface area contributed by atoms with Gasteiger partial charge in [0.1, 0.15) is 0 Å². The molecule has 1 aromatic heterocycles. The van der Waals surface area contributed by atoms with Gasteiger partial charge in [0.05, 0.1) is 0 Å². The van der Waals surface area contributed by atoms with Crippen LogP contribution in [-0.2, 0) is 0 Å². The Balaban J connectivity index is 3.01. The Labute approximate surface area is 99.0 Å². The topological polar surface area (TPSA) is 12.0 Å². The molecule has 0 aliphatic rings. The summed E-state index contributed by atoms with van der Waals surface area (Å²) in [5.74, 6) is 0. The van der Waals surface area contributed by atoms with E-state index in [2.05, 4.69) is 55.0 Å². The van der Waals surface area contributed by atoms with Crippen LogP contribution in [0.1, 0.15) is 36.6 Å². The summed E-state index contributed by atoms with van der Waals surface area (Å²) in [4.78, 5) is 2.76. The SMILES string of the molecule is CNC(c1cc(Br)c(C)s1)C(C)(C)C. The summed E-state index contributed by atoms with van der Waals surface area (Å²) in [6, 6.07) is 2.66. The number of hydrogen-bond acceptors (Lipinski definition) is 2. The molecule has 0 aliphatic carbocycles. The van der Waals surface area contributed by atoms with Gasteiger partial charge >= 0.3 is 0 Å². The van der Waals surface area contributed by atoms with E-state index in [-0.39, 0.29) is 5.41 Å². The van der Waals surface area contributed by atoms with E-state index in [1.165, 1.54) is 14.2 Å².